The van der Waals surface area contributed by atoms with E-state index in [4.69, 9.17) is 0 Å². The van der Waals surface area contributed by atoms with Crippen LogP contribution in [0.2, 0.25) is 0 Å². The first-order valence-electron chi connectivity index (χ1n) is 10.1. The monoisotopic (exact) mass is 472 g/mol. The van der Waals surface area contributed by atoms with Crippen LogP contribution in [-0.2, 0) is 19.1 Å². The van der Waals surface area contributed by atoms with Gasteiger partial charge in [-0.2, -0.15) is 18.3 Å². The number of hydrogen-bond acceptors (Lipinski definition) is 4. The van der Waals surface area contributed by atoms with E-state index in [0.717, 1.165) is 28.2 Å². The number of carbonyl (C=O) groups is 1. The van der Waals surface area contributed by atoms with Crippen LogP contribution in [0.5, 0.6) is 0 Å². The summed E-state index contributed by atoms with van der Waals surface area (Å²) in [6.07, 6.45) is -0.707. The minimum absolute atomic E-state index is 0.256. The zero-order valence-corrected chi connectivity index (χ0v) is 18.8. The van der Waals surface area contributed by atoms with Gasteiger partial charge in [0.15, 0.2) is 0 Å². The van der Waals surface area contributed by atoms with Crippen LogP contribution in [0.15, 0.2) is 76.9 Å². The van der Waals surface area contributed by atoms with Gasteiger partial charge in [0.25, 0.3) is 5.91 Å². The Balaban J connectivity index is 1.52. The van der Waals surface area contributed by atoms with E-state index in [-0.39, 0.29) is 11.8 Å². The molecule has 0 atom stereocenters. The summed E-state index contributed by atoms with van der Waals surface area (Å²) < 4.78 is 39.9. The van der Waals surface area contributed by atoms with E-state index < -0.39 is 11.7 Å². The van der Waals surface area contributed by atoms with Gasteiger partial charge in [-0.25, -0.2) is 0 Å². The second kappa shape index (κ2) is 11.0. The number of aliphatic imine (C=N–C) groups is 1. The fourth-order valence-electron chi connectivity index (χ4n) is 3.10. The van der Waals surface area contributed by atoms with Crippen LogP contribution >= 0.6 is 11.8 Å². The molecule has 5 nitrogen and oxygen atoms in total. The van der Waals surface area contributed by atoms with Crippen molar-refractivity contribution in [1.82, 2.24) is 15.1 Å². The molecular weight excluding hydrogens is 449 g/mol. The molecule has 2 aromatic carbocycles. The minimum Gasteiger partial charge on any atom is -0.341 e. The largest absolute Gasteiger partial charge is 0.416 e. The predicted molar refractivity (Wildman–Crippen MR) is 125 cm³/mol. The van der Waals surface area contributed by atoms with Gasteiger partial charge in [0.05, 0.1) is 18.0 Å². The number of alkyl halides is 3. The van der Waals surface area contributed by atoms with Crippen molar-refractivity contribution in [2.75, 3.05) is 5.88 Å². The van der Waals surface area contributed by atoms with Crippen molar-refractivity contribution in [3.8, 4) is 0 Å². The lowest BCUT2D eigenvalue weighted by Gasteiger charge is -2.10. The second-order valence-electron chi connectivity index (χ2n) is 7.33. The van der Waals surface area contributed by atoms with Crippen molar-refractivity contribution in [3.63, 3.8) is 0 Å². The molecule has 0 spiro atoms. The Hall–Kier alpha value is -3.33. The molecule has 0 unspecified atom stereocenters. The number of halogens is 3. The first-order valence-corrected chi connectivity index (χ1v) is 11.0. The van der Waals surface area contributed by atoms with Crippen LogP contribution in [0.4, 0.5) is 13.2 Å². The molecular formula is C24H23F3N4OS. The summed E-state index contributed by atoms with van der Waals surface area (Å²) >= 11 is 1.32. The van der Waals surface area contributed by atoms with Gasteiger partial charge >= 0.3 is 6.18 Å². The van der Waals surface area contributed by atoms with Gasteiger partial charge in [-0.1, -0.05) is 42.0 Å². The van der Waals surface area contributed by atoms with E-state index in [1.807, 2.05) is 25.1 Å². The fourth-order valence-corrected chi connectivity index (χ4v) is 3.91. The molecule has 3 aromatic rings. The first kappa shape index (κ1) is 24.3. The molecule has 0 saturated heterocycles. The van der Waals surface area contributed by atoms with Crippen molar-refractivity contribution in [2.45, 2.75) is 26.1 Å². The normalized spacial score (nSPS) is 11.9. The maximum absolute atomic E-state index is 12.7. The number of aromatic nitrogens is 2. The van der Waals surface area contributed by atoms with Crippen molar-refractivity contribution < 1.29 is 18.0 Å². The zero-order valence-electron chi connectivity index (χ0n) is 18.0. The Bertz CT molecular complexity index is 1140. The molecule has 0 fully saturated rings. The number of carbonyl (C=O) groups excluding carboxylic acids is 1. The van der Waals surface area contributed by atoms with Crippen molar-refractivity contribution in [2.24, 2.45) is 4.99 Å². The number of nitrogens with zero attached hydrogens (tertiary/aromatic N) is 3. The Kier molecular flexibility index (Phi) is 8.11. The quantitative estimate of drug-likeness (QED) is 0.332. The highest BCUT2D eigenvalue weighted by atomic mass is 32.2. The van der Waals surface area contributed by atoms with Crippen molar-refractivity contribution >= 4 is 24.4 Å². The number of amides is 1. The average molecular weight is 473 g/mol. The summed E-state index contributed by atoms with van der Waals surface area (Å²) in [5.74, 6) is -0.0584. The number of hydrogen-bond donors (Lipinski definition) is 1. The van der Waals surface area contributed by atoms with Gasteiger partial charge in [-0.05, 0) is 43.0 Å². The van der Waals surface area contributed by atoms with Crippen LogP contribution in [0.3, 0.4) is 0 Å². The third-order valence-corrected chi connectivity index (χ3v) is 5.59. The standard InChI is InChI=1S/C24H23F3N4OS/c1-17-4-3-5-19(12-17)15-31-11-10-22(30-31)23(32)29-16-33-21(14-28-2)13-18-6-8-20(9-7-18)24(25,26)27/h3-12,14H,2,13,15-16H2,1H3,(H,29,32)/b21-14-. The van der Waals surface area contributed by atoms with E-state index >= 15 is 0 Å². The third kappa shape index (κ3) is 7.35. The van der Waals surface area contributed by atoms with Gasteiger partial charge in [-0.3, -0.25) is 14.5 Å². The van der Waals surface area contributed by atoms with Gasteiger partial charge < -0.3 is 5.32 Å². The van der Waals surface area contributed by atoms with Crippen LogP contribution in [0.25, 0.3) is 0 Å². The van der Waals surface area contributed by atoms with Crippen LogP contribution in [0.1, 0.15) is 32.7 Å². The maximum atomic E-state index is 12.7. The summed E-state index contributed by atoms with van der Waals surface area (Å²) in [5, 5.41) is 7.11. The molecule has 0 bridgehead atoms. The highest BCUT2D eigenvalue weighted by Gasteiger charge is 2.29. The smallest absolute Gasteiger partial charge is 0.341 e. The number of rotatable bonds is 9. The summed E-state index contributed by atoms with van der Waals surface area (Å²) in [6.45, 7) is 6.02. The van der Waals surface area contributed by atoms with Crippen LogP contribution < -0.4 is 5.32 Å². The minimum atomic E-state index is -4.37. The molecule has 1 aromatic heterocycles. The molecule has 172 valence electrons. The molecule has 9 heteroatoms. The Morgan fingerprint density at radius 2 is 1.94 bits per heavy atom. The van der Waals surface area contributed by atoms with Gasteiger partial charge in [-0.15, -0.1) is 11.8 Å². The topological polar surface area (TPSA) is 59.3 Å². The lowest BCUT2D eigenvalue weighted by molar-refractivity contribution is -0.137. The first-order chi connectivity index (χ1) is 15.7. The van der Waals surface area contributed by atoms with Crippen LogP contribution in [-0.4, -0.2) is 28.3 Å². The Morgan fingerprint density at radius 1 is 1.18 bits per heavy atom. The number of benzene rings is 2. The highest BCUT2D eigenvalue weighted by Crippen LogP contribution is 2.30. The third-order valence-electron chi connectivity index (χ3n) is 4.69. The maximum Gasteiger partial charge on any atom is 0.416 e. The summed E-state index contributed by atoms with van der Waals surface area (Å²) in [7, 11) is 0. The Morgan fingerprint density at radius 3 is 2.61 bits per heavy atom. The molecule has 1 amide bonds. The summed E-state index contributed by atoms with van der Waals surface area (Å²) in [6, 6.07) is 14.7. The lowest BCUT2D eigenvalue weighted by Crippen LogP contribution is -2.23. The molecule has 0 saturated carbocycles. The molecule has 0 aliphatic rings. The molecule has 1 heterocycles. The SMILES string of the molecule is C=N/C=C(/Cc1ccc(C(F)(F)F)cc1)SCNC(=O)c1ccn(Cc2cccc(C)c2)n1. The van der Waals surface area contributed by atoms with E-state index in [2.05, 4.69) is 28.2 Å². The lowest BCUT2D eigenvalue weighted by atomic mass is 10.1. The van der Waals surface area contributed by atoms with E-state index in [1.54, 1.807) is 16.9 Å². The van der Waals surface area contributed by atoms with Gasteiger partial charge in [0.2, 0.25) is 0 Å². The van der Waals surface area contributed by atoms with E-state index in [1.165, 1.54) is 30.1 Å². The van der Waals surface area contributed by atoms with E-state index in [0.29, 0.717) is 24.2 Å². The molecule has 33 heavy (non-hydrogen) atoms. The molecule has 0 aliphatic carbocycles. The van der Waals surface area contributed by atoms with E-state index in [9.17, 15) is 18.0 Å². The summed E-state index contributed by atoms with van der Waals surface area (Å²) in [4.78, 5) is 16.9. The number of allylic oxidation sites excluding steroid dienone is 1. The number of nitrogens with one attached hydrogen (secondary N) is 1. The number of aryl methyl sites for hydroxylation is 1. The summed E-state index contributed by atoms with van der Waals surface area (Å²) in [5.41, 5.74) is 2.56. The van der Waals surface area contributed by atoms with Crippen molar-refractivity contribution in [1.29, 1.82) is 0 Å². The highest BCUT2D eigenvalue weighted by molar-refractivity contribution is 8.03. The molecule has 1 N–H and O–H groups in total. The molecule has 3 rings (SSSR count). The Labute approximate surface area is 194 Å². The average Bonchev–Trinajstić information content (AvgIpc) is 3.22. The molecule has 0 aliphatic heterocycles. The molecule has 0 radical (unpaired) electrons. The van der Waals surface area contributed by atoms with Gasteiger partial charge in [0, 0.05) is 23.7 Å². The second-order valence-corrected chi connectivity index (χ2v) is 8.43. The van der Waals surface area contributed by atoms with Crippen LogP contribution in [0, 0.1) is 6.92 Å². The fraction of sp³-hybridized carbons (Fsp3) is 0.208. The number of thioether (sulfide) groups is 1. The van der Waals surface area contributed by atoms with Gasteiger partial charge in [0.1, 0.15) is 5.69 Å². The zero-order chi connectivity index (χ0) is 23.8. The predicted octanol–water partition coefficient (Wildman–Crippen LogP) is 5.46. The van der Waals surface area contributed by atoms with Crippen molar-refractivity contribution in [3.05, 3.63) is 99.8 Å².